The summed E-state index contributed by atoms with van der Waals surface area (Å²) in [5, 5.41) is 14.7. The second-order valence-corrected chi connectivity index (χ2v) is 4.64. The molecule has 0 aromatic carbocycles. The van der Waals surface area contributed by atoms with Crippen LogP contribution in [-0.4, -0.2) is 29.6 Å². The van der Waals surface area contributed by atoms with Crippen LogP contribution in [0.25, 0.3) is 0 Å². The molecule has 0 saturated carbocycles. The molecule has 2 heterocycles. The topological polar surface area (TPSA) is 91.6 Å². The number of carbonyl (C=O) groups excluding carboxylic acids is 1. The van der Waals surface area contributed by atoms with Gasteiger partial charge in [0.05, 0.1) is 12.6 Å². The Morgan fingerprint density at radius 3 is 2.95 bits per heavy atom. The van der Waals surface area contributed by atoms with E-state index in [-0.39, 0.29) is 24.3 Å². The van der Waals surface area contributed by atoms with Crippen LogP contribution < -0.4 is 10.6 Å². The Bertz CT molecular complexity index is 447. The van der Waals surface area contributed by atoms with Crippen molar-refractivity contribution in [3.05, 3.63) is 23.7 Å². The monoisotopic (exact) mass is 266 g/mol. The predicted molar refractivity (Wildman–Crippen MR) is 67.8 cm³/mol. The SMILES string of the molecule is O=C(O)c1ccc(CNC(=O)C2CCCCCN2)o1. The van der Waals surface area contributed by atoms with Gasteiger partial charge in [-0.1, -0.05) is 12.8 Å². The van der Waals surface area contributed by atoms with E-state index in [2.05, 4.69) is 10.6 Å². The number of nitrogens with one attached hydrogen (secondary N) is 2. The van der Waals surface area contributed by atoms with Crippen LogP contribution in [0.3, 0.4) is 0 Å². The maximum atomic E-state index is 11.9. The minimum absolute atomic E-state index is 0.0600. The molecular weight excluding hydrogens is 248 g/mol. The van der Waals surface area contributed by atoms with Crippen molar-refractivity contribution in [2.75, 3.05) is 6.54 Å². The largest absolute Gasteiger partial charge is 0.475 e. The first kappa shape index (κ1) is 13.6. The van der Waals surface area contributed by atoms with Crippen molar-refractivity contribution in [3.63, 3.8) is 0 Å². The number of carbonyl (C=O) groups is 2. The van der Waals surface area contributed by atoms with Gasteiger partial charge in [-0.2, -0.15) is 0 Å². The molecule has 1 fully saturated rings. The fraction of sp³-hybridized carbons (Fsp3) is 0.538. The standard InChI is InChI=1S/C13H18N2O4/c16-12(10-4-2-1-3-7-14-10)15-8-9-5-6-11(19-9)13(17)18/h5-6,10,14H,1-4,7-8H2,(H,15,16)(H,17,18). The first-order valence-corrected chi connectivity index (χ1v) is 6.50. The van der Waals surface area contributed by atoms with Crippen molar-refractivity contribution in [2.24, 2.45) is 0 Å². The molecule has 2 rings (SSSR count). The van der Waals surface area contributed by atoms with Gasteiger partial charge in [0.1, 0.15) is 5.76 Å². The summed E-state index contributed by atoms with van der Waals surface area (Å²) >= 11 is 0. The number of carboxylic acids is 1. The van der Waals surface area contributed by atoms with Gasteiger partial charge in [0.2, 0.25) is 11.7 Å². The molecular formula is C13H18N2O4. The minimum atomic E-state index is -1.11. The first-order chi connectivity index (χ1) is 9.16. The van der Waals surface area contributed by atoms with Crippen LogP contribution in [0, 0.1) is 0 Å². The Labute approximate surface area is 111 Å². The summed E-state index contributed by atoms with van der Waals surface area (Å²) in [6, 6.07) is 2.79. The van der Waals surface area contributed by atoms with Crippen molar-refractivity contribution in [1.82, 2.24) is 10.6 Å². The first-order valence-electron chi connectivity index (χ1n) is 6.50. The number of amides is 1. The Hall–Kier alpha value is -1.82. The average molecular weight is 266 g/mol. The number of carboxylic acid groups (broad SMARTS) is 1. The molecule has 1 saturated heterocycles. The molecule has 6 heteroatoms. The van der Waals surface area contributed by atoms with Gasteiger partial charge in [-0.25, -0.2) is 4.79 Å². The summed E-state index contributed by atoms with van der Waals surface area (Å²) in [4.78, 5) is 22.6. The smallest absolute Gasteiger partial charge is 0.371 e. The lowest BCUT2D eigenvalue weighted by molar-refractivity contribution is -0.123. The maximum absolute atomic E-state index is 11.9. The summed E-state index contributed by atoms with van der Waals surface area (Å²) in [6.07, 6.45) is 4.14. The molecule has 1 unspecified atom stereocenters. The van der Waals surface area contributed by atoms with Crippen molar-refractivity contribution in [1.29, 1.82) is 0 Å². The van der Waals surface area contributed by atoms with Crippen molar-refractivity contribution in [2.45, 2.75) is 38.3 Å². The highest BCUT2D eigenvalue weighted by atomic mass is 16.4. The minimum Gasteiger partial charge on any atom is -0.475 e. The number of hydrogen-bond donors (Lipinski definition) is 3. The lowest BCUT2D eigenvalue weighted by Crippen LogP contribution is -2.43. The van der Waals surface area contributed by atoms with Crippen LogP contribution in [0.5, 0.6) is 0 Å². The average Bonchev–Trinajstić information content (AvgIpc) is 2.70. The number of hydrogen-bond acceptors (Lipinski definition) is 4. The summed E-state index contributed by atoms with van der Waals surface area (Å²) in [5.74, 6) is -0.839. The van der Waals surface area contributed by atoms with Gasteiger partial charge in [-0.15, -0.1) is 0 Å². The molecule has 0 bridgehead atoms. The molecule has 3 N–H and O–H groups in total. The Morgan fingerprint density at radius 1 is 1.37 bits per heavy atom. The zero-order valence-electron chi connectivity index (χ0n) is 10.6. The van der Waals surface area contributed by atoms with E-state index in [1.54, 1.807) is 6.07 Å². The van der Waals surface area contributed by atoms with E-state index in [1.165, 1.54) is 6.07 Å². The van der Waals surface area contributed by atoms with Crippen molar-refractivity contribution < 1.29 is 19.1 Å². The molecule has 6 nitrogen and oxygen atoms in total. The van der Waals surface area contributed by atoms with E-state index in [0.29, 0.717) is 5.76 Å². The van der Waals surface area contributed by atoms with E-state index in [9.17, 15) is 9.59 Å². The van der Waals surface area contributed by atoms with Crippen LogP contribution in [0.2, 0.25) is 0 Å². The highest BCUT2D eigenvalue weighted by Crippen LogP contribution is 2.10. The summed E-state index contributed by atoms with van der Waals surface area (Å²) in [6.45, 7) is 1.08. The van der Waals surface area contributed by atoms with Crippen molar-refractivity contribution in [3.8, 4) is 0 Å². The normalized spacial score (nSPS) is 19.7. The van der Waals surface area contributed by atoms with E-state index >= 15 is 0 Å². The molecule has 1 atom stereocenters. The highest BCUT2D eigenvalue weighted by Gasteiger charge is 2.19. The van der Waals surface area contributed by atoms with E-state index in [1.807, 2.05) is 0 Å². The Balaban J connectivity index is 1.83. The molecule has 0 spiro atoms. The lowest BCUT2D eigenvalue weighted by Gasteiger charge is -2.14. The van der Waals surface area contributed by atoms with Gasteiger partial charge in [0.25, 0.3) is 0 Å². The second-order valence-electron chi connectivity index (χ2n) is 4.64. The Kier molecular flexibility index (Phi) is 4.57. The number of rotatable bonds is 4. The fourth-order valence-corrected chi connectivity index (χ4v) is 2.14. The summed E-state index contributed by atoms with van der Waals surface area (Å²) in [7, 11) is 0. The third-order valence-electron chi connectivity index (χ3n) is 3.19. The zero-order chi connectivity index (χ0) is 13.7. The molecule has 104 valence electrons. The predicted octanol–water partition coefficient (Wildman–Crippen LogP) is 1.13. The lowest BCUT2D eigenvalue weighted by atomic mass is 10.1. The number of aromatic carboxylic acids is 1. The summed E-state index contributed by atoms with van der Waals surface area (Å²) < 4.78 is 5.07. The maximum Gasteiger partial charge on any atom is 0.371 e. The van der Waals surface area contributed by atoms with Crippen LogP contribution in [0.4, 0.5) is 0 Å². The van der Waals surface area contributed by atoms with Gasteiger partial charge >= 0.3 is 5.97 Å². The van der Waals surface area contributed by atoms with Gasteiger partial charge in [0, 0.05) is 0 Å². The van der Waals surface area contributed by atoms with Gasteiger partial charge < -0.3 is 20.2 Å². The molecule has 0 radical (unpaired) electrons. The quantitative estimate of drug-likeness (QED) is 0.759. The molecule has 1 amide bonds. The molecule has 0 aliphatic carbocycles. The Morgan fingerprint density at radius 2 is 2.21 bits per heavy atom. The van der Waals surface area contributed by atoms with Crippen molar-refractivity contribution >= 4 is 11.9 Å². The molecule has 1 aromatic heterocycles. The van der Waals surface area contributed by atoms with Crippen LogP contribution in [-0.2, 0) is 11.3 Å². The highest BCUT2D eigenvalue weighted by molar-refractivity contribution is 5.84. The summed E-state index contributed by atoms with van der Waals surface area (Å²) in [5.41, 5.74) is 0. The molecule has 1 aliphatic heterocycles. The third kappa shape index (κ3) is 3.82. The zero-order valence-corrected chi connectivity index (χ0v) is 10.6. The van der Waals surface area contributed by atoms with Gasteiger partial charge in [-0.3, -0.25) is 4.79 Å². The molecule has 19 heavy (non-hydrogen) atoms. The van der Waals surface area contributed by atoms with Gasteiger partial charge in [-0.05, 0) is 31.5 Å². The van der Waals surface area contributed by atoms with Gasteiger partial charge in [0.15, 0.2) is 0 Å². The second kappa shape index (κ2) is 6.38. The van der Waals surface area contributed by atoms with Crippen LogP contribution >= 0.6 is 0 Å². The van der Waals surface area contributed by atoms with E-state index in [4.69, 9.17) is 9.52 Å². The van der Waals surface area contributed by atoms with Crippen LogP contribution in [0.1, 0.15) is 42.0 Å². The van der Waals surface area contributed by atoms with Crippen LogP contribution in [0.15, 0.2) is 16.5 Å². The fourth-order valence-electron chi connectivity index (χ4n) is 2.14. The molecule has 1 aromatic rings. The third-order valence-corrected chi connectivity index (χ3v) is 3.19. The number of furan rings is 1. The molecule has 1 aliphatic rings. The van der Waals surface area contributed by atoms with E-state index < -0.39 is 5.97 Å². The van der Waals surface area contributed by atoms with E-state index in [0.717, 1.165) is 32.2 Å².